The molecule has 0 aliphatic rings. The van der Waals surface area contributed by atoms with E-state index >= 15 is 0 Å². The van der Waals surface area contributed by atoms with Crippen molar-refractivity contribution in [3.05, 3.63) is 64.1 Å². The number of hydrogen-bond donors (Lipinski definition) is 1. The molecule has 2 aromatic carbocycles. The standard InChI is InChI=1S/C23H28Cl2N2O2S/c1-4-16(3)26-23(29)21(5-2)27(14-18-19(24)12-9-13-20(18)25)22(28)15-30-17-10-7-6-8-11-17/h6-13,16,21H,4-5,14-15H2,1-3H3,(H,26,29)/t16-,21-/m0/s1. The van der Waals surface area contributed by atoms with Gasteiger partial charge in [-0.15, -0.1) is 11.8 Å². The molecule has 0 aliphatic heterocycles. The number of nitrogens with zero attached hydrogens (tertiary/aromatic N) is 1. The van der Waals surface area contributed by atoms with Gasteiger partial charge in [0.25, 0.3) is 0 Å². The Morgan fingerprint density at radius 3 is 2.20 bits per heavy atom. The summed E-state index contributed by atoms with van der Waals surface area (Å²) in [6.45, 7) is 6.04. The second-order valence-electron chi connectivity index (χ2n) is 7.07. The molecule has 0 radical (unpaired) electrons. The van der Waals surface area contributed by atoms with Gasteiger partial charge < -0.3 is 10.2 Å². The number of carbonyl (C=O) groups excluding carboxylic acids is 2. The largest absolute Gasteiger partial charge is 0.352 e. The van der Waals surface area contributed by atoms with Gasteiger partial charge in [0.2, 0.25) is 11.8 Å². The zero-order valence-corrected chi connectivity index (χ0v) is 19.9. The Morgan fingerprint density at radius 1 is 1.00 bits per heavy atom. The topological polar surface area (TPSA) is 49.4 Å². The maximum absolute atomic E-state index is 13.2. The molecule has 0 bridgehead atoms. The second-order valence-corrected chi connectivity index (χ2v) is 8.93. The Morgan fingerprint density at radius 2 is 1.63 bits per heavy atom. The average Bonchev–Trinajstić information content (AvgIpc) is 2.74. The molecular weight excluding hydrogens is 439 g/mol. The lowest BCUT2D eigenvalue weighted by Gasteiger charge is -2.32. The number of benzene rings is 2. The number of amides is 2. The van der Waals surface area contributed by atoms with Crippen LogP contribution in [0.15, 0.2) is 53.4 Å². The Balaban J connectivity index is 2.27. The highest BCUT2D eigenvalue weighted by Gasteiger charge is 2.30. The van der Waals surface area contributed by atoms with Gasteiger partial charge in [0.15, 0.2) is 0 Å². The van der Waals surface area contributed by atoms with Crippen LogP contribution >= 0.6 is 35.0 Å². The first-order valence-corrected chi connectivity index (χ1v) is 11.8. The summed E-state index contributed by atoms with van der Waals surface area (Å²) in [5.74, 6) is -0.0711. The molecule has 162 valence electrons. The van der Waals surface area contributed by atoms with Crippen molar-refractivity contribution in [2.24, 2.45) is 0 Å². The third-order valence-corrected chi connectivity index (χ3v) is 6.59. The lowest BCUT2D eigenvalue weighted by atomic mass is 10.1. The van der Waals surface area contributed by atoms with Crippen molar-refractivity contribution in [2.45, 2.75) is 57.1 Å². The maximum atomic E-state index is 13.2. The molecule has 0 fully saturated rings. The Labute approximate surface area is 193 Å². The predicted molar refractivity (Wildman–Crippen MR) is 126 cm³/mol. The number of nitrogens with one attached hydrogen (secondary N) is 1. The molecule has 0 spiro atoms. The summed E-state index contributed by atoms with van der Waals surface area (Å²) in [5, 5.41) is 3.96. The number of hydrogen-bond acceptors (Lipinski definition) is 3. The SMILES string of the molecule is CC[C@H](C)NC(=O)[C@H](CC)N(Cc1c(Cl)cccc1Cl)C(=O)CSc1ccccc1. The van der Waals surface area contributed by atoms with Crippen molar-refractivity contribution in [1.82, 2.24) is 10.2 Å². The molecule has 0 aromatic heterocycles. The first-order valence-electron chi connectivity index (χ1n) is 10.1. The van der Waals surface area contributed by atoms with E-state index < -0.39 is 6.04 Å². The average molecular weight is 467 g/mol. The molecule has 2 atom stereocenters. The van der Waals surface area contributed by atoms with Crippen LogP contribution in [0.1, 0.15) is 39.2 Å². The smallest absolute Gasteiger partial charge is 0.243 e. The molecule has 1 N–H and O–H groups in total. The molecule has 7 heteroatoms. The fraction of sp³-hybridized carbons (Fsp3) is 0.391. The summed E-state index contributed by atoms with van der Waals surface area (Å²) in [5.41, 5.74) is 0.647. The highest BCUT2D eigenvalue weighted by atomic mass is 35.5. The van der Waals surface area contributed by atoms with Gasteiger partial charge >= 0.3 is 0 Å². The van der Waals surface area contributed by atoms with E-state index in [4.69, 9.17) is 23.2 Å². The van der Waals surface area contributed by atoms with Crippen molar-refractivity contribution in [3.63, 3.8) is 0 Å². The Hall–Kier alpha value is -1.69. The molecule has 2 amide bonds. The van der Waals surface area contributed by atoms with Crippen LogP contribution in [0, 0.1) is 0 Å². The minimum atomic E-state index is -0.602. The van der Waals surface area contributed by atoms with E-state index in [-0.39, 0.29) is 30.2 Å². The highest BCUT2D eigenvalue weighted by Crippen LogP contribution is 2.28. The molecule has 0 aliphatic carbocycles. The summed E-state index contributed by atoms with van der Waals surface area (Å²) < 4.78 is 0. The quantitative estimate of drug-likeness (QED) is 0.449. The van der Waals surface area contributed by atoms with Crippen LogP contribution < -0.4 is 5.32 Å². The van der Waals surface area contributed by atoms with Crippen molar-refractivity contribution in [2.75, 3.05) is 5.75 Å². The Bertz CT molecular complexity index is 828. The van der Waals surface area contributed by atoms with E-state index in [1.165, 1.54) is 11.8 Å². The normalized spacial score (nSPS) is 12.8. The minimum absolute atomic E-state index is 0.0334. The fourth-order valence-electron chi connectivity index (χ4n) is 2.96. The van der Waals surface area contributed by atoms with Crippen LogP contribution in [0.2, 0.25) is 10.0 Å². The molecule has 4 nitrogen and oxygen atoms in total. The van der Waals surface area contributed by atoms with E-state index in [1.807, 2.05) is 51.1 Å². The number of rotatable bonds is 10. The van der Waals surface area contributed by atoms with Gasteiger partial charge in [0, 0.05) is 33.1 Å². The van der Waals surface area contributed by atoms with Crippen LogP contribution in [0.4, 0.5) is 0 Å². The molecule has 0 heterocycles. The molecule has 0 saturated carbocycles. The van der Waals surface area contributed by atoms with Crippen LogP contribution in [-0.4, -0.2) is 34.6 Å². The molecule has 0 unspecified atom stereocenters. The third kappa shape index (κ3) is 6.93. The highest BCUT2D eigenvalue weighted by molar-refractivity contribution is 8.00. The Kier molecular flexibility index (Phi) is 10.0. The lowest BCUT2D eigenvalue weighted by Crippen LogP contribution is -2.51. The summed E-state index contributed by atoms with van der Waals surface area (Å²) >= 11 is 14.2. The zero-order valence-electron chi connectivity index (χ0n) is 17.5. The summed E-state index contributed by atoms with van der Waals surface area (Å²) in [7, 11) is 0. The van der Waals surface area contributed by atoms with Gasteiger partial charge in [-0.1, -0.05) is 61.3 Å². The summed E-state index contributed by atoms with van der Waals surface area (Å²) in [6.07, 6.45) is 1.31. The van der Waals surface area contributed by atoms with Crippen LogP contribution in [0.25, 0.3) is 0 Å². The van der Waals surface area contributed by atoms with Crippen LogP contribution in [-0.2, 0) is 16.1 Å². The van der Waals surface area contributed by atoms with Crippen LogP contribution in [0.5, 0.6) is 0 Å². The van der Waals surface area contributed by atoms with Gasteiger partial charge in [-0.05, 0) is 44.0 Å². The van der Waals surface area contributed by atoms with E-state index in [0.717, 1.165) is 11.3 Å². The molecular formula is C23H28Cl2N2O2S. The third-order valence-electron chi connectivity index (χ3n) is 4.88. The van der Waals surface area contributed by atoms with E-state index in [9.17, 15) is 9.59 Å². The van der Waals surface area contributed by atoms with Crippen molar-refractivity contribution < 1.29 is 9.59 Å². The number of carbonyl (C=O) groups is 2. The first-order chi connectivity index (χ1) is 14.4. The van der Waals surface area contributed by atoms with Crippen molar-refractivity contribution in [1.29, 1.82) is 0 Å². The first kappa shape index (κ1) is 24.6. The van der Waals surface area contributed by atoms with Crippen molar-refractivity contribution in [3.8, 4) is 0 Å². The van der Waals surface area contributed by atoms with Crippen LogP contribution in [0.3, 0.4) is 0 Å². The number of thioether (sulfide) groups is 1. The van der Waals surface area contributed by atoms with Gasteiger partial charge in [-0.25, -0.2) is 0 Å². The lowest BCUT2D eigenvalue weighted by molar-refractivity contribution is -0.139. The fourth-order valence-corrected chi connectivity index (χ4v) is 4.28. The molecule has 0 saturated heterocycles. The monoisotopic (exact) mass is 466 g/mol. The van der Waals surface area contributed by atoms with Gasteiger partial charge in [-0.2, -0.15) is 0 Å². The molecule has 30 heavy (non-hydrogen) atoms. The molecule has 2 rings (SSSR count). The van der Waals surface area contributed by atoms with Gasteiger partial charge in [-0.3, -0.25) is 9.59 Å². The van der Waals surface area contributed by atoms with E-state index in [1.54, 1.807) is 23.1 Å². The van der Waals surface area contributed by atoms with E-state index in [0.29, 0.717) is 22.0 Å². The maximum Gasteiger partial charge on any atom is 0.243 e. The minimum Gasteiger partial charge on any atom is -0.352 e. The second kappa shape index (κ2) is 12.2. The number of halogens is 2. The zero-order chi connectivity index (χ0) is 22.1. The summed E-state index contributed by atoms with van der Waals surface area (Å²) in [6, 6.07) is 14.4. The predicted octanol–water partition coefficient (Wildman–Crippen LogP) is 5.81. The van der Waals surface area contributed by atoms with E-state index in [2.05, 4.69) is 5.32 Å². The van der Waals surface area contributed by atoms with Crippen molar-refractivity contribution >= 4 is 46.8 Å². The van der Waals surface area contributed by atoms with Gasteiger partial charge in [0.05, 0.1) is 5.75 Å². The summed E-state index contributed by atoms with van der Waals surface area (Å²) in [4.78, 5) is 28.8. The van der Waals surface area contributed by atoms with Gasteiger partial charge in [0.1, 0.15) is 6.04 Å². The molecule has 2 aromatic rings.